The fourth-order valence-electron chi connectivity index (χ4n) is 4.31. The van der Waals surface area contributed by atoms with Gasteiger partial charge >= 0.3 is 0 Å². The van der Waals surface area contributed by atoms with Crippen LogP contribution in [-0.4, -0.2) is 24.6 Å². The second kappa shape index (κ2) is 12.4. The van der Waals surface area contributed by atoms with Crippen molar-refractivity contribution < 1.29 is 14.0 Å². The third-order valence-corrected chi connectivity index (χ3v) is 8.27. The van der Waals surface area contributed by atoms with E-state index in [-0.39, 0.29) is 24.2 Å². The predicted octanol–water partition coefficient (Wildman–Crippen LogP) is 7.20. The minimum Gasteiger partial charge on any atom is -0.352 e. The molecule has 39 heavy (non-hydrogen) atoms. The minimum atomic E-state index is -0.339. The van der Waals surface area contributed by atoms with Gasteiger partial charge < -0.3 is 10.2 Å². The van der Waals surface area contributed by atoms with Crippen LogP contribution in [-0.2, 0) is 17.8 Å². The molecule has 1 N–H and O–H groups in total. The Bertz CT molecular complexity index is 1520. The first kappa shape index (κ1) is 26.8. The van der Waals surface area contributed by atoms with Crippen molar-refractivity contribution >= 4 is 47.1 Å². The van der Waals surface area contributed by atoms with E-state index in [9.17, 15) is 14.0 Å². The van der Waals surface area contributed by atoms with Crippen molar-refractivity contribution in [1.82, 2.24) is 5.32 Å². The quantitative estimate of drug-likeness (QED) is 0.185. The van der Waals surface area contributed by atoms with Crippen LogP contribution in [0.25, 0.3) is 6.08 Å². The van der Waals surface area contributed by atoms with Crippen molar-refractivity contribution in [2.45, 2.75) is 22.8 Å². The molecular weight excluding hydrogens is 527 g/mol. The Balaban J connectivity index is 1.27. The van der Waals surface area contributed by atoms with Crippen LogP contribution in [0.5, 0.6) is 0 Å². The van der Waals surface area contributed by atoms with Crippen LogP contribution in [0.3, 0.4) is 0 Å². The van der Waals surface area contributed by atoms with Gasteiger partial charge in [-0.05, 0) is 72.3 Å². The lowest BCUT2D eigenvalue weighted by atomic mass is 10.1. The van der Waals surface area contributed by atoms with E-state index in [1.165, 1.54) is 28.3 Å². The second-order valence-electron chi connectivity index (χ2n) is 9.04. The number of para-hydroxylation sites is 1. The van der Waals surface area contributed by atoms with E-state index in [1.807, 2.05) is 48.7 Å². The Morgan fingerprint density at radius 3 is 2.41 bits per heavy atom. The number of anilines is 1. The van der Waals surface area contributed by atoms with Crippen LogP contribution in [0.1, 0.15) is 27.0 Å². The van der Waals surface area contributed by atoms with E-state index in [2.05, 4.69) is 29.6 Å². The van der Waals surface area contributed by atoms with Crippen LogP contribution in [0.4, 0.5) is 10.1 Å². The van der Waals surface area contributed by atoms with Crippen LogP contribution in [0, 0.1) is 5.82 Å². The molecule has 0 aromatic heterocycles. The van der Waals surface area contributed by atoms with Gasteiger partial charge in [-0.2, -0.15) is 0 Å². The number of benzene rings is 4. The maximum absolute atomic E-state index is 14.4. The summed E-state index contributed by atoms with van der Waals surface area (Å²) in [6.07, 6.45) is 4.62. The third kappa shape index (κ3) is 6.44. The van der Waals surface area contributed by atoms with Gasteiger partial charge in [-0.25, -0.2) is 4.39 Å². The lowest BCUT2D eigenvalue weighted by Gasteiger charge is -2.30. The van der Waals surface area contributed by atoms with E-state index >= 15 is 0 Å². The average molecular weight is 555 g/mol. The van der Waals surface area contributed by atoms with Gasteiger partial charge in [0.25, 0.3) is 11.8 Å². The van der Waals surface area contributed by atoms with Crippen molar-refractivity contribution in [1.29, 1.82) is 0 Å². The summed E-state index contributed by atoms with van der Waals surface area (Å²) in [6, 6.07) is 29.7. The van der Waals surface area contributed by atoms with Crippen LogP contribution < -0.4 is 10.2 Å². The molecule has 1 heterocycles. The monoisotopic (exact) mass is 554 g/mol. The van der Waals surface area contributed by atoms with Gasteiger partial charge in [0.05, 0.1) is 17.1 Å². The number of fused-ring (bicyclic) bond motifs is 1. The first-order valence-corrected chi connectivity index (χ1v) is 14.6. The Morgan fingerprint density at radius 1 is 0.949 bits per heavy atom. The number of amides is 2. The van der Waals surface area contributed by atoms with Gasteiger partial charge in [0, 0.05) is 27.5 Å². The number of nitrogens with one attached hydrogen (secondary N) is 1. The summed E-state index contributed by atoms with van der Waals surface area (Å²) in [5.74, 6) is -0.661. The van der Waals surface area contributed by atoms with E-state index in [0.717, 1.165) is 22.6 Å². The molecule has 0 unspecified atom stereocenters. The largest absolute Gasteiger partial charge is 0.352 e. The number of carbonyl (C=O) groups excluding carboxylic acids is 2. The predicted molar refractivity (Wildman–Crippen MR) is 159 cm³/mol. The highest BCUT2D eigenvalue weighted by atomic mass is 32.2. The average Bonchev–Trinajstić information content (AvgIpc) is 2.97. The summed E-state index contributed by atoms with van der Waals surface area (Å²) in [7, 11) is 0. The minimum absolute atomic E-state index is 0.136. The molecule has 0 radical (unpaired) electrons. The molecule has 0 fully saturated rings. The molecule has 1 aliphatic heterocycles. The first-order chi connectivity index (χ1) is 19.0. The summed E-state index contributed by atoms with van der Waals surface area (Å²) in [5.41, 5.74) is 3.76. The summed E-state index contributed by atoms with van der Waals surface area (Å²) in [4.78, 5) is 30.4. The van der Waals surface area contributed by atoms with Crippen LogP contribution in [0.15, 0.2) is 112 Å². The summed E-state index contributed by atoms with van der Waals surface area (Å²) < 4.78 is 14.4. The summed E-state index contributed by atoms with van der Waals surface area (Å²) >= 11 is 3.10. The molecule has 4 aromatic rings. The van der Waals surface area contributed by atoms with Crippen molar-refractivity contribution in [2.24, 2.45) is 0 Å². The third-order valence-electron chi connectivity index (χ3n) is 6.45. The maximum Gasteiger partial charge on any atom is 0.265 e. The molecule has 0 bridgehead atoms. The highest BCUT2D eigenvalue weighted by molar-refractivity contribution is 8.04. The molecule has 5 rings (SSSR count). The number of hydrogen-bond donors (Lipinski definition) is 1. The highest BCUT2D eigenvalue weighted by Gasteiger charge is 2.29. The molecule has 0 saturated carbocycles. The van der Waals surface area contributed by atoms with Crippen LogP contribution in [0.2, 0.25) is 0 Å². The molecular formula is C32H27FN2O2S2. The zero-order valence-electron chi connectivity index (χ0n) is 21.4. The summed E-state index contributed by atoms with van der Waals surface area (Å²) in [5, 5.41) is 2.97. The Labute approximate surface area is 236 Å². The van der Waals surface area contributed by atoms with Gasteiger partial charge in [-0.15, -0.1) is 11.8 Å². The Hall–Kier alpha value is -3.81. The molecule has 4 aromatic carbocycles. The fourth-order valence-corrected chi connectivity index (χ4v) is 5.78. The maximum atomic E-state index is 14.4. The smallest absolute Gasteiger partial charge is 0.265 e. The van der Waals surface area contributed by atoms with E-state index in [4.69, 9.17) is 0 Å². The lowest BCUT2D eigenvalue weighted by molar-refractivity contribution is -0.114. The Morgan fingerprint density at radius 2 is 1.67 bits per heavy atom. The van der Waals surface area contributed by atoms with Crippen molar-refractivity contribution in [2.75, 3.05) is 17.7 Å². The molecule has 196 valence electrons. The van der Waals surface area contributed by atoms with Crippen molar-refractivity contribution in [3.63, 3.8) is 0 Å². The van der Waals surface area contributed by atoms with E-state index in [0.29, 0.717) is 22.6 Å². The van der Waals surface area contributed by atoms with Crippen LogP contribution >= 0.6 is 23.5 Å². The standard InChI is InChI=1S/C32H27FN2O2S2/c1-38-26-16-12-22(13-17-26)18-19-34-31(36)24-14-10-23(11-15-24)20-30-32(37)35(21-25-6-2-3-7-27(25)33)28-8-4-5-9-29(28)39-30/h2-17,20H,18-19,21H2,1H3,(H,34,36). The lowest BCUT2D eigenvalue weighted by Crippen LogP contribution is -2.34. The normalized spacial score (nSPS) is 13.8. The van der Waals surface area contributed by atoms with E-state index < -0.39 is 0 Å². The molecule has 1 aliphatic rings. The number of hydrogen-bond acceptors (Lipinski definition) is 4. The fraction of sp³-hybridized carbons (Fsp3) is 0.125. The topological polar surface area (TPSA) is 49.4 Å². The SMILES string of the molecule is CSc1ccc(CCNC(=O)c2ccc(C=C3Sc4ccccc4N(Cc4ccccc4F)C3=O)cc2)cc1. The molecule has 7 heteroatoms. The molecule has 0 aliphatic carbocycles. The molecule has 4 nitrogen and oxygen atoms in total. The number of carbonyl (C=O) groups is 2. The Kier molecular flexibility index (Phi) is 8.49. The van der Waals surface area contributed by atoms with Gasteiger partial charge in [0.1, 0.15) is 5.82 Å². The molecule has 0 spiro atoms. The second-order valence-corrected chi connectivity index (χ2v) is 11.0. The molecule has 2 amide bonds. The van der Waals surface area contributed by atoms with Gasteiger partial charge in [-0.3, -0.25) is 9.59 Å². The zero-order valence-corrected chi connectivity index (χ0v) is 23.0. The number of nitrogens with zero attached hydrogens (tertiary/aromatic N) is 1. The van der Waals surface area contributed by atoms with E-state index in [1.54, 1.807) is 47.0 Å². The number of halogens is 1. The highest BCUT2D eigenvalue weighted by Crippen LogP contribution is 2.42. The van der Waals surface area contributed by atoms with Crippen molar-refractivity contribution in [3.05, 3.63) is 130 Å². The zero-order chi connectivity index (χ0) is 27.2. The summed E-state index contributed by atoms with van der Waals surface area (Å²) in [6.45, 7) is 0.687. The van der Waals surface area contributed by atoms with Gasteiger partial charge in [0.2, 0.25) is 0 Å². The number of rotatable bonds is 8. The van der Waals surface area contributed by atoms with Gasteiger partial charge in [0.15, 0.2) is 0 Å². The number of thioether (sulfide) groups is 2. The van der Waals surface area contributed by atoms with Crippen molar-refractivity contribution in [3.8, 4) is 0 Å². The van der Waals surface area contributed by atoms with Gasteiger partial charge in [-0.1, -0.05) is 66.4 Å². The molecule has 0 atom stereocenters. The first-order valence-electron chi connectivity index (χ1n) is 12.6. The molecule has 0 saturated heterocycles.